The minimum Gasteiger partial charge on any atom is -0.397 e. The van der Waals surface area contributed by atoms with Crippen molar-refractivity contribution >= 4 is 56.2 Å². The van der Waals surface area contributed by atoms with E-state index in [1.807, 2.05) is 25.1 Å². The second-order valence-corrected chi connectivity index (χ2v) is 5.61. The van der Waals surface area contributed by atoms with Gasteiger partial charge in [0, 0.05) is 10.2 Å². The van der Waals surface area contributed by atoms with Gasteiger partial charge < -0.3 is 11.1 Å². The molecule has 0 heterocycles. The number of anilines is 3. The highest BCUT2D eigenvalue weighted by Crippen LogP contribution is 2.33. The summed E-state index contributed by atoms with van der Waals surface area (Å²) >= 11 is 15.3. The lowest BCUT2D eigenvalue weighted by molar-refractivity contribution is 1.42. The Bertz CT molecular complexity index is 600. The first kappa shape index (κ1) is 13.5. The van der Waals surface area contributed by atoms with Gasteiger partial charge in [0.15, 0.2) is 0 Å². The number of benzene rings is 2. The molecule has 2 nitrogen and oxygen atoms in total. The summed E-state index contributed by atoms with van der Waals surface area (Å²) in [4.78, 5) is 0. The first-order chi connectivity index (χ1) is 8.47. The minimum absolute atomic E-state index is 0.449. The maximum atomic E-state index is 5.97. The van der Waals surface area contributed by atoms with Crippen LogP contribution >= 0.6 is 39.1 Å². The third-order valence-corrected chi connectivity index (χ3v) is 4.12. The molecule has 3 N–H and O–H groups in total. The van der Waals surface area contributed by atoms with Gasteiger partial charge in [-0.25, -0.2) is 0 Å². The SMILES string of the molecule is Cc1ccc(Nc2cc(Cl)c(Cl)cc2N)cc1Br. The van der Waals surface area contributed by atoms with Crippen molar-refractivity contribution in [1.29, 1.82) is 0 Å². The van der Waals surface area contributed by atoms with Gasteiger partial charge in [0.2, 0.25) is 0 Å². The zero-order chi connectivity index (χ0) is 13.3. The molecule has 0 aromatic heterocycles. The van der Waals surface area contributed by atoms with Gasteiger partial charge in [0.1, 0.15) is 0 Å². The summed E-state index contributed by atoms with van der Waals surface area (Å²) < 4.78 is 1.03. The first-order valence-electron chi connectivity index (χ1n) is 5.25. The molecular formula is C13H11BrCl2N2. The van der Waals surface area contributed by atoms with E-state index in [-0.39, 0.29) is 0 Å². The molecule has 94 valence electrons. The van der Waals surface area contributed by atoms with Crippen LogP contribution in [0.25, 0.3) is 0 Å². The summed E-state index contributed by atoms with van der Waals surface area (Å²) in [6.07, 6.45) is 0. The molecule has 0 fully saturated rings. The molecule has 5 heteroatoms. The van der Waals surface area contributed by atoms with Crippen molar-refractivity contribution in [2.45, 2.75) is 6.92 Å². The fraction of sp³-hybridized carbons (Fsp3) is 0.0769. The third kappa shape index (κ3) is 2.91. The second-order valence-electron chi connectivity index (χ2n) is 3.94. The topological polar surface area (TPSA) is 38.0 Å². The summed E-state index contributed by atoms with van der Waals surface area (Å²) in [5, 5.41) is 4.13. The Morgan fingerprint density at radius 2 is 1.78 bits per heavy atom. The van der Waals surface area contributed by atoms with Crippen molar-refractivity contribution in [2.75, 3.05) is 11.1 Å². The number of hydrogen-bond donors (Lipinski definition) is 2. The number of nitrogens with one attached hydrogen (secondary N) is 1. The zero-order valence-electron chi connectivity index (χ0n) is 9.60. The summed E-state index contributed by atoms with van der Waals surface area (Å²) in [6, 6.07) is 9.32. The van der Waals surface area contributed by atoms with Crippen LogP contribution in [0.15, 0.2) is 34.8 Å². The Balaban J connectivity index is 2.34. The number of aryl methyl sites for hydroxylation is 1. The van der Waals surface area contributed by atoms with E-state index in [4.69, 9.17) is 28.9 Å². The Labute approximate surface area is 124 Å². The molecule has 0 radical (unpaired) electrons. The van der Waals surface area contributed by atoms with Crippen molar-refractivity contribution in [2.24, 2.45) is 0 Å². The van der Waals surface area contributed by atoms with E-state index in [1.165, 1.54) is 5.56 Å². The number of halogens is 3. The quantitative estimate of drug-likeness (QED) is 0.716. The van der Waals surface area contributed by atoms with Crippen molar-refractivity contribution in [3.8, 4) is 0 Å². The standard InChI is InChI=1S/C13H11BrCl2N2/c1-7-2-3-8(4-9(7)14)18-13-6-11(16)10(15)5-12(13)17/h2-6,18H,17H2,1H3. The summed E-state index contributed by atoms with van der Waals surface area (Å²) in [5.41, 5.74) is 9.28. The van der Waals surface area contributed by atoms with Gasteiger partial charge in [0.25, 0.3) is 0 Å². The van der Waals surface area contributed by atoms with Crippen LogP contribution in [0, 0.1) is 6.92 Å². The molecule has 0 saturated carbocycles. The lowest BCUT2D eigenvalue weighted by atomic mass is 10.2. The van der Waals surface area contributed by atoms with Crippen molar-refractivity contribution in [3.05, 3.63) is 50.4 Å². The van der Waals surface area contributed by atoms with Gasteiger partial charge in [-0.1, -0.05) is 45.2 Å². The summed E-state index contributed by atoms with van der Waals surface area (Å²) in [6.45, 7) is 2.03. The molecule has 0 bridgehead atoms. The highest BCUT2D eigenvalue weighted by molar-refractivity contribution is 9.10. The lowest BCUT2D eigenvalue weighted by Gasteiger charge is -2.11. The molecule has 0 aliphatic carbocycles. The van der Waals surface area contributed by atoms with E-state index in [9.17, 15) is 0 Å². The van der Waals surface area contributed by atoms with Gasteiger partial charge in [0.05, 0.1) is 21.4 Å². The fourth-order valence-electron chi connectivity index (χ4n) is 1.50. The predicted molar refractivity (Wildman–Crippen MR) is 83.0 cm³/mol. The van der Waals surface area contributed by atoms with Crippen molar-refractivity contribution in [3.63, 3.8) is 0 Å². The van der Waals surface area contributed by atoms with Gasteiger partial charge in [-0.15, -0.1) is 0 Å². The maximum absolute atomic E-state index is 5.97. The van der Waals surface area contributed by atoms with Crippen LogP contribution in [0.1, 0.15) is 5.56 Å². The molecule has 0 aliphatic rings. The smallest absolute Gasteiger partial charge is 0.0633 e. The van der Waals surface area contributed by atoms with Crippen LogP contribution in [0.2, 0.25) is 10.0 Å². The molecule has 0 spiro atoms. The highest BCUT2D eigenvalue weighted by atomic mass is 79.9. The number of nitrogen functional groups attached to an aromatic ring is 1. The maximum Gasteiger partial charge on any atom is 0.0633 e. The Hall–Kier alpha value is -0.900. The molecule has 0 saturated heterocycles. The van der Waals surface area contributed by atoms with E-state index in [0.29, 0.717) is 15.7 Å². The molecule has 0 unspecified atom stereocenters. The predicted octanol–water partition coefficient (Wildman–Crippen LogP) is 5.39. The largest absolute Gasteiger partial charge is 0.397 e. The van der Waals surface area contributed by atoms with Gasteiger partial charge in [-0.05, 0) is 36.8 Å². The molecular weight excluding hydrogens is 335 g/mol. The summed E-state index contributed by atoms with van der Waals surface area (Å²) in [7, 11) is 0. The van der Waals surface area contributed by atoms with E-state index in [2.05, 4.69) is 21.2 Å². The molecule has 2 rings (SSSR count). The van der Waals surface area contributed by atoms with Crippen LogP contribution in [-0.2, 0) is 0 Å². The lowest BCUT2D eigenvalue weighted by Crippen LogP contribution is -1.96. The van der Waals surface area contributed by atoms with Gasteiger partial charge >= 0.3 is 0 Å². The van der Waals surface area contributed by atoms with Crippen molar-refractivity contribution in [1.82, 2.24) is 0 Å². The Kier molecular flexibility index (Phi) is 4.05. The molecule has 2 aromatic carbocycles. The van der Waals surface area contributed by atoms with E-state index >= 15 is 0 Å². The van der Waals surface area contributed by atoms with Crippen LogP contribution in [0.4, 0.5) is 17.1 Å². The van der Waals surface area contributed by atoms with E-state index < -0.39 is 0 Å². The minimum atomic E-state index is 0.449. The number of rotatable bonds is 2. The third-order valence-electron chi connectivity index (χ3n) is 2.54. The number of hydrogen-bond acceptors (Lipinski definition) is 2. The highest BCUT2D eigenvalue weighted by Gasteiger charge is 2.06. The zero-order valence-corrected chi connectivity index (χ0v) is 12.7. The van der Waals surface area contributed by atoms with Gasteiger partial charge in [-0.3, -0.25) is 0 Å². The van der Waals surface area contributed by atoms with Crippen LogP contribution < -0.4 is 11.1 Å². The van der Waals surface area contributed by atoms with E-state index in [1.54, 1.807) is 12.1 Å². The Morgan fingerprint density at radius 3 is 2.44 bits per heavy atom. The van der Waals surface area contributed by atoms with E-state index in [0.717, 1.165) is 15.8 Å². The van der Waals surface area contributed by atoms with Crippen molar-refractivity contribution < 1.29 is 0 Å². The molecule has 0 atom stereocenters. The second kappa shape index (κ2) is 5.39. The van der Waals surface area contributed by atoms with Crippen LogP contribution in [-0.4, -0.2) is 0 Å². The number of nitrogens with two attached hydrogens (primary N) is 1. The van der Waals surface area contributed by atoms with Crippen LogP contribution in [0.5, 0.6) is 0 Å². The molecule has 0 aliphatic heterocycles. The first-order valence-corrected chi connectivity index (χ1v) is 6.80. The monoisotopic (exact) mass is 344 g/mol. The average Bonchev–Trinajstić information content (AvgIpc) is 2.31. The van der Waals surface area contributed by atoms with Gasteiger partial charge in [-0.2, -0.15) is 0 Å². The average molecular weight is 346 g/mol. The Morgan fingerprint density at radius 1 is 1.11 bits per heavy atom. The normalized spacial score (nSPS) is 10.4. The molecule has 0 amide bonds. The molecule has 18 heavy (non-hydrogen) atoms. The molecule has 2 aromatic rings. The summed E-state index contributed by atoms with van der Waals surface area (Å²) in [5.74, 6) is 0. The van der Waals surface area contributed by atoms with Crippen LogP contribution in [0.3, 0.4) is 0 Å². The fourth-order valence-corrected chi connectivity index (χ4v) is 2.21.